The molecule has 1 aromatic heterocycles. The highest BCUT2D eigenvalue weighted by Gasteiger charge is 2.39. The third-order valence-corrected chi connectivity index (χ3v) is 3.10. The van der Waals surface area contributed by atoms with Gasteiger partial charge in [-0.15, -0.1) is 0 Å². The molecule has 0 N–H and O–H groups in total. The van der Waals surface area contributed by atoms with Crippen molar-refractivity contribution < 1.29 is 9.15 Å². The Bertz CT molecular complexity index is 605. The van der Waals surface area contributed by atoms with Gasteiger partial charge in [0.15, 0.2) is 11.5 Å². The zero-order valence-electron chi connectivity index (χ0n) is 9.56. The van der Waals surface area contributed by atoms with E-state index in [1.807, 2.05) is 25.1 Å². The Morgan fingerprint density at radius 2 is 2.29 bits per heavy atom. The smallest absolute Gasteiger partial charge is 0.192 e. The fourth-order valence-electron chi connectivity index (χ4n) is 2.14. The number of rotatable bonds is 2. The van der Waals surface area contributed by atoms with Crippen LogP contribution in [-0.2, 0) is 11.2 Å². The molecule has 4 heteroatoms. The molecule has 1 aromatic carbocycles. The van der Waals surface area contributed by atoms with Crippen molar-refractivity contribution in [3.05, 3.63) is 29.7 Å². The minimum atomic E-state index is -0.341. The Morgan fingerprint density at radius 1 is 1.47 bits per heavy atom. The van der Waals surface area contributed by atoms with Crippen LogP contribution < -0.4 is 0 Å². The van der Waals surface area contributed by atoms with Gasteiger partial charge in [0.2, 0.25) is 0 Å². The van der Waals surface area contributed by atoms with Crippen LogP contribution in [0.15, 0.2) is 22.6 Å². The monoisotopic (exact) mass is 228 g/mol. The predicted octanol–water partition coefficient (Wildman–Crippen LogP) is 2.22. The molecule has 3 rings (SSSR count). The van der Waals surface area contributed by atoms with E-state index in [0.29, 0.717) is 25.5 Å². The summed E-state index contributed by atoms with van der Waals surface area (Å²) in [5.41, 5.74) is 2.41. The van der Waals surface area contributed by atoms with Gasteiger partial charge in [-0.05, 0) is 24.1 Å². The number of ether oxygens (including phenoxy) is 1. The highest BCUT2D eigenvalue weighted by atomic mass is 16.5. The van der Waals surface area contributed by atoms with E-state index in [1.165, 1.54) is 0 Å². The Labute approximate surface area is 98.8 Å². The molecule has 0 saturated carbocycles. The molecule has 1 saturated heterocycles. The van der Waals surface area contributed by atoms with Crippen LogP contribution in [0.3, 0.4) is 0 Å². The Balaban J connectivity index is 1.93. The maximum absolute atomic E-state index is 9.15. The number of hydrogen-bond donors (Lipinski definition) is 0. The summed E-state index contributed by atoms with van der Waals surface area (Å²) in [6, 6.07) is 8.24. The number of nitrogens with zero attached hydrogens (tertiary/aromatic N) is 2. The van der Waals surface area contributed by atoms with Crippen molar-refractivity contribution in [3.63, 3.8) is 0 Å². The summed E-state index contributed by atoms with van der Waals surface area (Å²) in [6.07, 6.45) is 0.714. The molecular weight excluding hydrogens is 216 g/mol. The van der Waals surface area contributed by atoms with Crippen molar-refractivity contribution in [2.75, 3.05) is 13.2 Å². The molecule has 86 valence electrons. The number of aryl methyl sites for hydroxylation is 1. The van der Waals surface area contributed by atoms with Crippen molar-refractivity contribution in [1.82, 2.24) is 4.98 Å². The van der Waals surface area contributed by atoms with Gasteiger partial charge < -0.3 is 9.15 Å². The summed E-state index contributed by atoms with van der Waals surface area (Å²) in [7, 11) is 0. The van der Waals surface area contributed by atoms with E-state index in [0.717, 1.165) is 16.7 Å². The van der Waals surface area contributed by atoms with Crippen molar-refractivity contribution in [2.45, 2.75) is 13.3 Å². The second-order valence-corrected chi connectivity index (χ2v) is 4.60. The first-order valence-corrected chi connectivity index (χ1v) is 5.56. The minimum absolute atomic E-state index is 0.341. The zero-order chi connectivity index (χ0) is 11.9. The van der Waals surface area contributed by atoms with E-state index in [2.05, 4.69) is 11.1 Å². The lowest BCUT2D eigenvalue weighted by Gasteiger charge is -2.35. The largest absolute Gasteiger partial charge is 0.441 e. The number of hydrogen-bond acceptors (Lipinski definition) is 4. The maximum atomic E-state index is 9.15. The molecule has 0 atom stereocenters. The SMILES string of the molecule is Cc1nc2cc(CC3(C#N)COC3)ccc2o1. The van der Waals surface area contributed by atoms with E-state index in [-0.39, 0.29) is 5.41 Å². The lowest BCUT2D eigenvalue weighted by molar-refractivity contribution is -0.0765. The van der Waals surface area contributed by atoms with Crippen molar-refractivity contribution >= 4 is 11.1 Å². The van der Waals surface area contributed by atoms with Gasteiger partial charge in [-0.25, -0.2) is 4.98 Å². The maximum Gasteiger partial charge on any atom is 0.192 e. The van der Waals surface area contributed by atoms with E-state index in [9.17, 15) is 0 Å². The molecule has 0 aliphatic carbocycles. The molecule has 0 bridgehead atoms. The number of oxazole rings is 1. The number of fused-ring (bicyclic) bond motifs is 1. The highest BCUT2D eigenvalue weighted by molar-refractivity contribution is 5.73. The summed E-state index contributed by atoms with van der Waals surface area (Å²) in [5, 5.41) is 9.15. The standard InChI is InChI=1S/C13H12N2O2/c1-9-15-11-4-10(2-3-12(11)17-9)5-13(6-14)7-16-8-13/h2-4H,5,7-8H2,1H3. The topological polar surface area (TPSA) is 59.0 Å². The molecule has 1 aliphatic rings. The van der Waals surface area contributed by atoms with Gasteiger partial charge in [0.1, 0.15) is 10.9 Å². The zero-order valence-corrected chi connectivity index (χ0v) is 9.56. The van der Waals surface area contributed by atoms with Crippen molar-refractivity contribution in [2.24, 2.45) is 5.41 Å². The molecule has 17 heavy (non-hydrogen) atoms. The fraction of sp³-hybridized carbons (Fsp3) is 0.385. The molecule has 0 amide bonds. The molecule has 0 spiro atoms. The first kappa shape index (κ1) is 10.3. The third-order valence-electron chi connectivity index (χ3n) is 3.10. The van der Waals surface area contributed by atoms with Crippen LogP contribution in [0.4, 0.5) is 0 Å². The average Bonchev–Trinajstić information content (AvgIpc) is 2.63. The molecule has 2 heterocycles. The molecule has 2 aromatic rings. The first-order chi connectivity index (χ1) is 8.21. The molecule has 1 aliphatic heterocycles. The van der Waals surface area contributed by atoms with Gasteiger partial charge in [0.05, 0.1) is 19.3 Å². The van der Waals surface area contributed by atoms with Crippen LogP contribution in [0.5, 0.6) is 0 Å². The van der Waals surface area contributed by atoms with E-state index < -0.39 is 0 Å². The summed E-state index contributed by atoms with van der Waals surface area (Å²) >= 11 is 0. The van der Waals surface area contributed by atoms with Crippen LogP contribution in [0.2, 0.25) is 0 Å². The van der Waals surface area contributed by atoms with E-state index in [1.54, 1.807) is 0 Å². The van der Waals surface area contributed by atoms with Crippen LogP contribution in [0.25, 0.3) is 11.1 Å². The minimum Gasteiger partial charge on any atom is -0.441 e. The summed E-state index contributed by atoms with van der Waals surface area (Å²) in [4.78, 5) is 4.29. The van der Waals surface area contributed by atoms with Gasteiger partial charge in [-0.1, -0.05) is 6.07 Å². The summed E-state index contributed by atoms with van der Waals surface area (Å²) in [6.45, 7) is 2.88. The Morgan fingerprint density at radius 3 is 2.94 bits per heavy atom. The predicted molar refractivity (Wildman–Crippen MR) is 61.3 cm³/mol. The second-order valence-electron chi connectivity index (χ2n) is 4.60. The van der Waals surface area contributed by atoms with Gasteiger partial charge in [0, 0.05) is 6.92 Å². The van der Waals surface area contributed by atoms with Gasteiger partial charge in [0.25, 0.3) is 0 Å². The second kappa shape index (κ2) is 3.57. The van der Waals surface area contributed by atoms with E-state index >= 15 is 0 Å². The van der Waals surface area contributed by atoms with Gasteiger partial charge in [-0.3, -0.25) is 0 Å². The lowest BCUT2D eigenvalue weighted by Crippen LogP contribution is -2.43. The van der Waals surface area contributed by atoms with Gasteiger partial charge >= 0.3 is 0 Å². The normalized spacial score (nSPS) is 17.6. The van der Waals surface area contributed by atoms with Crippen LogP contribution in [0.1, 0.15) is 11.5 Å². The first-order valence-electron chi connectivity index (χ1n) is 5.56. The molecule has 4 nitrogen and oxygen atoms in total. The summed E-state index contributed by atoms with van der Waals surface area (Å²) < 4.78 is 10.6. The average molecular weight is 228 g/mol. The molecule has 0 unspecified atom stereocenters. The van der Waals surface area contributed by atoms with Crippen LogP contribution in [-0.4, -0.2) is 18.2 Å². The van der Waals surface area contributed by atoms with Crippen LogP contribution >= 0.6 is 0 Å². The molecular formula is C13H12N2O2. The van der Waals surface area contributed by atoms with Gasteiger partial charge in [-0.2, -0.15) is 5.26 Å². The lowest BCUT2D eigenvalue weighted by atomic mass is 9.81. The molecule has 0 radical (unpaired) electrons. The van der Waals surface area contributed by atoms with E-state index in [4.69, 9.17) is 14.4 Å². The highest BCUT2D eigenvalue weighted by Crippen LogP contribution is 2.31. The Hall–Kier alpha value is -1.86. The molecule has 1 fully saturated rings. The number of benzene rings is 1. The number of nitriles is 1. The third kappa shape index (κ3) is 1.69. The summed E-state index contributed by atoms with van der Waals surface area (Å²) in [5.74, 6) is 0.666. The van der Waals surface area contributed by atoms with Crippen molar-refractivity contribution in [1.29, 1.82) is 5.26 Å². The van der Waals surface area contributed by atoms with Crippen molar-refractivity contribution in [3.8, 4) is 6.07 Å². The quantitative estimate of drug-likeness (QED) is 0.790. The Kier molecular flexibility index (Phi) is 2.17. The number of aromatic nitrogens is 1. The van der Waals surface area contributed by atoms with Crippen LogP contribution in [0, 0.1) is 23.7 Å². The fourth-order valence-corrected chi connectivity index (χ4v) is 2.14.